The lowest BCUT2D eigenvalue weighted by atomic mass is 9.44. The highest BCUT2D eigenvalue weighted by Gasteiger charge is 2.69. The molecule has 6 fully saturated rings. The summed E-state index contributed by atoms with van der Waals surface area (Å²) in [6.45, 7) is 14.5. The number of ether oxygens (including phenoxy) is 3. The van der Waals surface area contributed by atoms with Gasteiger partial charge in [0.15, 0.2) is 21.9 Å². The first-order valence-electron chi connectivity index (χ1n) is 27.7. The third kappa shape index (κ3) is 11.1. The number of carbonyl (C=O) groups excluding carboxylic acids is 6. The number of hydrogen-bond donors (Lipinski definition) is 2. The molecule has 5 unspecified atom stereocenters. The van der Waals surface area contributed by atoms with Gasteiger partial charge in [0.2, 0.25) is 11.5 Å². The molecular weight excluding hydrogens is 1120 g/mol. The van der Waals surface area contributed by atoms with Gasteiger partial charge in [0.1, 0.15) is 48.8 Å². The Balaban J connectivity index is 0.832. The lowest BCUT2D eigenvalue weighted by Gasteiger charge is -2.62. The summed E-state index contributed by atoms with van der Waals surface area (Å²) >= 11 is 6.62. The van der Waals surface area contributed by atoms with Crippen LogP contribution in [0.3, 0.4) is 0 Å². The number of nitrogens with two attached hydrogens (primary N) is 1. The lowest BCUT2D eigenvalue weighted by molar-refractivity contribution is -0.671. The van der Waals surface area contributed by atoms with Gasteiger partial charge in [-0.1, -0.05) is 50.7 Å². The molecule has 7 aliphatic rings. The van der Waals surface area contributed by atoms with Crippen LogP contribution in [-0.2, 0) is 54.9 Å². The van der Waals surface area contributed by atoms with Gasteiger partial charge in [-0.2, -0.15) is 9.36 Å². The van der Waals surface area contributed by atoms with Gasteiger partial charge < -0.3 is 35.0 Å². The monoisotopic (exact) mass is 1190 g/mol. The summed E-state index contributed by atoms with van der Waals surface area (Å²) in [7, 11) is 4.15. The maximum Gasteiger partial charge on any atom is 0.355 e. The van der Waals surface area contributed by atoms with Crippen LogP contribution < -0.4 is 15.6 Å². The van der Waals surface area contributed by atoms with Crippen molar-refractivity contribution in [3.63, 3.8) is 0 Å². The highest BCUT2D eigenvalue weighted by molar-refractivity contribution is 8.07. The van der Waals surface area contributed by atoms with Gasteiger partial charge in [0.05, 0.1) is 18.1 Å². The standard InChI is InChI=1S/C56H71N9O10S5/c1-9-54(5)26-39(74-41(68)29-76-35-24-33-13-14-34(25-35)64(33)8)55(6)30(3)15-19-56(20-16-37(66)45(55)56)31(4)46(54)75-40(67)12-11-23-72-51(71)44-38(79-53-58-36(27-78-53)32-17-21-63(7)22-18-32)28-77-50-43(49(70)65(44)50)59-48(69)42(61-73-10-2)47-60-52(57)80-62-47/h9,17-18,21-22,27,30-31,33-35,39,43,45-46,50H,1,10-16,19-20,23-26,28-29H2,2-8H3,(H2-,57,59,60,62,69)/p+1/b61-42+/t30?,31-,33?,34?,35?,39+,43+,45?,46-,50+,54+,55-,56?/m1/s1. The van der Waals surface area contributed by atoms with Crippen molar-refractivity contribution in [2.45, 2.75) is 151 Å². The molecule has 80 heavy (non-hydrogen) atoms. The van der Waals surface area contributed by atoms with E-state index in [1.165, 1.54) is 52.6 Å². The van der Waals surface area contributed by atoms with E-state index < -0.39 is 63.6 Å². The highest BCUT2D eigenvalue weighted by atomic mass is 32.2. The molecule has 3 aromatic rings. The molecule has 430 valence electrons. The molecule has 4 bridgehead atoms. The Hall–Kier alpha value is -4.88. The first-order valence-corrected chi connectivity index (χ1v) is 32.3. The fourth-order valence-corrected chi connectivity index (χ4v) is 19.0. The number of β-lactam (4-membered cyclic amide) rings is 1. The van der Waals surface area contributed by atoms with Gasteiger partial charge >= 0.3 is 17.9 Å². The van der Waals surface area contributed by atoms with Gasteiger partial charge in [-0.15, -0.1) is 41.4 Å². The number of thioether (sulfide) groups is 3. The fraction of sp³-hybridized carbons (Fsp3) is 0.625. The molecule has 12 atom stereocenters. The van der Waals surface area contributed by atoms with Gasteiger partial charge in [-0.05, 0) is 83.1 Å². The number of nitrogens with zero attached hydrogens (tertiary/aromatic N) is 7. The predicted octanol–water partition coefficient (Wildman–Crippen LogP) is 7.35. The van der Waals surface area contributed by atoms with E-state index in [2.05, 4.69) is 59.1 Å². The third-order valence-corrected chi connectivity index (χ3v) is 23.9. The first kappa shape index (κ1) is 58.3. The number of aryl methyl sites for hydroxylation is 1. The van der Waals surface area contributed by atoms with E-state index in [9.17, 15) is 28.8 Å². The molecule has 3 N–H and O–H groups in total. The number of pyridine rings is 1. The van der Waals surface area contributed by atoms with Crippen molar-refractivity contribution in [3.8, 4) is 11.3 Å². The molecule has 0 radical (unpaired) electrons. The number of nitrogen functional groups attached to an aromatic ring is 1. The average molecular weight is 1190 g/mol. The Morgan fingerprint density at radius 2 is 1.80 bits per heavy atom. The fourth-order valence-electron chi connectivity index (χ4n) is 14.0. The molecule has 0 aromatic carbocycles. The SMILES string of the molecule is C=C[C@@]1(C)C[C@H](OC(=O)CSC2CC3CCC(C2)N3C)[C@@]2(C)C(C)CCC3(CCC(=O)C32)[C@H](C)[C@H]1OC(=O)CCCOC(=O)C1=C(Sc2nc(-c3cc[n+](C)cc3)cs2)CS[C@H]2[C@@H](NC(=O)/C(=N/OCC)c3nsc(N)n3)C(=O)N12. The van der Waals surface area contributed by atoms with Crippen molar-refractivity contribution in [1.82, 2.24) is 29.5 Å². The van der Waals surface area contributed by atoms with Gasteiger partial charge in [-0.3, -0.25) is 28.9 Å². The van der Waals surface area contributed by atoms with Crippen LogP contribution in [0.5, 0.6) is 0 Å². The molecular formula is C56H72N9O10S5+. The first-order chi connectivity index (χ1) is 38.3. The number of oxime groups is 1. The van der Waals surface area contributed by atoms with Gasteiger partial charge in [0.25, 0.3) is 11.8 Å². The number of hydrogen-bond acceptors (Lipinski definition) is 21. The number of thiazole rings is 1. The van der Waals surface area contributed by atoms with Crippen LogP contribution in [0.15, 0.2) is 62.7 Å². The smallest absolute Gasteiger partial charge is 0.355 e. The molecule has 19 nitrogen and oxygen atoms in total. The maximum atomic E-state index is 14.4. The number of nitrogens with one attached hydrogen (secondary N) is 1. The molecule has 3 aromatic heterocycles. The second kappa shape index (κ2) is 23.8. The summed E-state index contributed by atoms with van der Waals surface area (Å²) in [5, 5.41) is 8.41. The van der Waals surface area contributed by atoms with E-state index in [4.69, 9.17) is 29.8 Å². The Morgan fingerprint density at radius 3 is 2.50 bits per heavy atom. The summed E-state index contributed by atoms with van der Waals surface area (Å²) < 4.78 is 25.9. The highest BCUT2D eigenvalue weighted by Crippen LogP contribution is 2.68. The van der Waals surface area contributed by atoms with E-state index in [-0.39, 0.29) is 89.4 Å². The zero-order chi connectivity index (χ0) is 56.8. The number of ketones is 1. The van der Waals surface area contributed by atoms with Crippen LogP contribution in [0.2, 0.25) is 0 Å². The minimum atomic E-state index is -1.05. The summed E-state index contributed by atoms with van der Waals surface area (Å²) in [5.41, 5.74) is 5.28. The predicted molar refractivity (Wildman–Crippen MR) is 308 cm³/mol. The van der Waals surface area contributed by atoms with Crippen molar-refractivity contribution in [2.24, 2.45) is 46.2 Å². The zero-order valence-electron chi connectivity index (χ0n) is 46.4. The molecule has 24 heteroatoms. The van der Waals surface area contributed by atoms with Crippen molar-refractivity contribution in [3.05, 3.63) is 59.0 Å². The van der Waals surface area contributed by atoms with Crippen molar-refractivity contribution < 1.29 is 52.4 Å². The number of aromatic nitrogens is 4. The molecule has 4 aliphatic heterocycles. The summed E-state index contributed by atoms with van der Waals surface area (Å²) in [5.74, 6) is -2.70. The largest absolute Gasteiger partial charge is 0.461 e. The summed E-state index contributed by atoms with van der Waals surface area (Å²) in [6.07, 6.45) is 12.0. The normalized spacial score (nSPS) is 32.9. The topological polar surface area (TPSA) is 239 Å². The van der Waals surface area contributed by atoms with Crippen LogP contribution in [0.1, 0.15) is 111 Å². The molecule has 10 rings (SSSR count). The number of piperidine rings is 1. The van der Waals surface area contributed by atoms with Crippen molar-refractivity contribution >= 4 is 105 Å². The quantitative estimate of drug-likeness (QED) is 0.0174. The van der Waals surface area contributed by atoms with Crippen LogP contribution in [0.4, 0.5) is 5.13 Å². The van der Waals surface area contributed by atoms with Crippen LogP contribution in [0.25, 0.3) is 11.3 Å². The Kier molecular flexibility index (Phi) is 17.3. The average Bonchev–Trinajstić information content (AvgIpc) is 4.26. The minimum absolute atomic E-state index is 0.0267. The molecule has 2 amide bonds. The maximum absolute atomic E-state index is 14.4. The number of anilines is 1. The van der Waals surface area contributed by atoms with Crippen LogP contribution in [-0.4, -0.2) is 138 Å². The third-order valence-electron chi connectivity index (χ3n) is 18.6. The van der Waals surface area contributed by atoms with Crippen LogP contribution in [0, 0.1) is 34.0 Å². The number of rotatable bonds is 19. The Bertz CT molecular complexity index is 2960. The van der Waals surface area contributed by atoms with E-state index in [1.807, 2.05) is 54.5 Å². The van der Waals surface area contributed by atoms with Crippen molar-refractivity contribution in [2.75, 3.05) is 37.5 Å². The number of Topliss-reactive ketones (excluding diaryl/α,β-unsaturated/α-hetero) is 1. The Labute approximate surface area is 487 Å². The summed E-state index contributed by atoms with van der Waals surface area (Å²) in [6, 6.07) is 3.99. The second-order valence-corrected chi connectivity index (χ2v) is 28.4. The zero-order valence-corrected chi connectivity index (χ0v) is 50.5. The van der Waals surface area contributed by atoms with Gasteiger partial charge in [0, 0.05) is 98.1 Å². The molecule has 0 spiro atoms. The van der Waals surface area contributed by atoms with Gasteiger partial charge in [-0.25, -0.2) is 14.3 Å². The second-order valence-electron chi connectivity index (χ2n) is 23.0. The van der Waals surface area contributed by atoms with E-state index in [1.54, 1.807) is 18.7 Å². The Morgan fingerprint density at radius 1 is 1.05 bits per heavy atom. The van der Waals surface area contributed by atoms with Crippen molar-refractivity contribution in [1.29, 1.82) is 0 Å². The minimum Gasteiger partial charge on any atom is -0.461 e. The number of esters is 3. The van der Waals surface area contributed by atoms with E-state index in [0.717, 1.165) is 48.5 Å². The van der Waals surface area contributed by atoms with Crippen LogP contribution >= 0.6 is 58.2 Å². The van der Waals surface area contributed by atoms with E-state index in [0.29, 0.717) is 45.8 Å². The summed E-state index contributed by atoms with van der Waals surface area (Å²) in [4.78, 5) is 103. The molecule has 3 saturated heterocycles. The number of amides is 2. The molecule has 7 heterocycles. The molecule has 3 aliphatic carbocycles. The molecule has 3 saturated carbocycles. The number of carbonyl (C=O) groups is 6. The lowest BCUT2D eigenvalue weighted by Crippen LogP contribution is -2.71. The van der Waals surface area contributed by atoms with E-state index >= 15 is 0 Å². The number of fused-ring (bicyclic) bond motifs is 3.